The summed E-state index contributed by atoms with van der Waals surface area (Å²) < 4.78 is 11.3. The van der Waals surface area contributed by atoms with Crippen molar-refractivity contribution in [2.75, 3.05) is 17.2 Å². The van der Waals surface area contributed by atoms with E-state index in [0.717, 1.165) is 47.9 Å². The Bertz CT molecular complexity index is 2450. The van der Waals surface area contributed by atoms with Crippen LogP contribution in [-0.2, 0) is 33.6 Å². The van der Waals surface area contributed by atoms with Crippen LogP contribution in [0.4, 0.5) is 5.13 Å². The molecule has 0 saturated carbocycles. The van der Waals surface area contributed by atoms with Crippen LogP contribution < -0.4 is 20.5 Å². The van der Waals surface area contributed by atoms with Crippen molar-refractivity contribution in [1.82, 2.24) is 34.8 Å². The van der Waals surface area contributed by atoms with Crippen LogP contribution in [0.3, 0.4) is 0 Å². The lowest BCUT2D eigenvalue weighted by atomic mass is 10.0. The number of aromatic carboxylic acids is 1. The molecule has 3 aromatic heterocycles. The number of β-lactam (4-membered cyclic amide) rings is 1. The van der Waals surface area contributed by atoms with Crippen molar-refractivity contribution in [3.8, 4) is 11.5 Å². The third kappa shape index (κ3) is 8.48. The Hall–Kier alpha value is -6.60. The molecule has 6 N–H and O–H groups in total. The molecule has 2 aliphatic heterocycles. The number of hydrogen-bond acceptors (Lipinski definition) is 19. The molecule has 0 radical (unpaired) electrons. The van der Waals surface area contributed by atoms with Gasteiger partial charge in [-0.15, -0.1) is 40.0 Å². The van der Waals surface area contributed by atoms with Crippen molar-refractivity contribution < 1.29 is 63.2 Å². The molecule has 2 amide bonds. The number of nitrogens with two attached hydrogens (primary N) is 1. The van der Waals surface area contributed by atoms with Gasteiger partial charge in [0, 0.05) is 42.0 Å². The Labute approximate surface area is 331 Å². The summed E-state index contributed by atoms with van der Waals surface area (Å²) in [5.41, 5.74) is 5.48. The molecule has 22 nitrogen and oxygen atoms in total. The summed E-state index contributed by atoms with van der Waals surface area (Å²) in [4.78, 5) is 105. The van der Waals surface area contributed by atoms with Gasteiger partial charge in [0.05, 0.1) is 0 Å². The maximum absolute atomic E-state index is 13.7. The molecule has 25 heteroatoms. The number of carboxylic acids is 3. The number of rotatable bonds is 14. The average Bonchev–Trinajstić information content (AvgIpc) is 3.77. The molecule has 5 heterocycles. The molecule has 0 unspecified atom stereocenters. The number of aliphatic carboxylic acids is 2. The second kappa shape index (κ2) is 16.2. The molecular weight excluding hydrogens is 815 g/mol. The normalized spacial score (nSPS) is 17.0. The number of nitrogens with zero attached hydrogens (tertiary/aromatic N) is 7. The first-order valence-electron chi connectivity index (χ1n) is 16.0. The Morgan fingerprint density at radius 1 is 1.04 bits per heavy atom. The summed E-state index contributed by atoms with van der Waals surface area (Å²) in [5, 5.41) is 40.7. The minimum atomic E-state index is -1.92. The SMILES string of the molecule is CC(=O)Oc1ccc([C@H](O/N=C(\C(=O)N[C@@H]2C(=O)N3C(C(=O)O)=C(CSc4cc(C)nc5nc(C(=O)O)nn45)CS[C@H]23)c2csc(N)n2)C(=O)O)cc1OC(C)=O. The fourth-order valence-corrected chi connectivity index (χ4v) is 8.51. The molecule has 0 spiro atoms. The molecule has 6 rings (SSSR count). The number of aryl methyl sites for hydroxylation is 1. The van der Waals surface area contributed by atoms with Crippen LogP contribution in [0.25, 0.3) is 5.78 Å². The van der Waals surface area contributed by atoms with Crippen LogP contribution in [0.1, 0.15) is 47.5 Å². The number of carboxylic acid groups (broad SMARTS) is 3. The van der Waals surface area contributed by atoms with E-state index in [1.807, 2.05) is 0 Å². The van der Waals surface area contributed by atoms with E-state index in [9.17, 15) is 48.9 Å². The summed E-state index contributed by atoms with van der Waals surface area (Å²) in [7, 11) is 0. The lowest BCUT2D eigenvalue weighted by Crippen LogP contribution is -2.71. The molecule has 1 aromatic carbocycles. The number of oxime groups is 1. The molecule has 2 aliphatic rings. The van der Waals surface area contributed by atoms with Gasteiger partial charge in [-0.05, 0) is 30.7 Å². The van der Waals surface area contributed by atoms with Gasteiger partial charge in [-0.2, -0.15) is 9.50 Å². The van der Waals surface area contributed by atoms with Crippen LogP contribution in [0.5, 0.6) is 11.5 Å². The number of thioether (sulfide) groups is 2. The number of nitrogens with one attached hydrogen (secondary N) is 1. The minimum absolute atomic E-state index is 0.0107. The number of thiazole rings is 1. The monoisotopic (exact) mass is 841 g/mol. The van der Waals surface area contributed by atoms with Gasteiger partial charge in [0.2, 0.25) is 6.10 Å². The molecular formula is C32H27N9O13S3. The van der Waals surface area contributed by atoms with Crippen LogP contribution >= 0.6 is 34.9 Å². The lowest BCUT2D eigenvalue weighted by Gasteiger charge is -2.49. The summed E-state index contributed by atoms with van der Waals surface area (Å²) >= 11 is 3.22. The van der Waals surface area contributed by atoms with Crippen LogP contribution in [0.2, 0.25) is 0 Å². The maximum atomic E-state index is 13.7. The van der Waals surface area contributed by atoms with Gasteiger partial charge < -0.3 is 40.7 Å². The van der Waals surface area contributed by atoms with Gasteiger partial charge in [-0.1, -0.05) is 11.2 Å². The lowest BCUT2D eigenvalue weighted by molar-refractivity contribution is -0.151. The first-order chi connectivity index (χ1) is 27.0. The fourth-order valence-electron chi connectivity index (χ4n) is 5.43. The number of benzene rings is 1. The number of fused-ring (bicyclic) bond motifs is 2. The van der Waals surface area contributed by atoms with Crippen molar-refractivity contribution in [3.63, 3.8) is 0 Å². The van der Waals surface area contributed by atoms with Gasteiger partial charge in [0.25, 0.3) is 23.4 Å². The quantitative estimate of drug-likeness (QED) is 0.0226. The zero-order valence-corrected chi connectivity index (χ0v) is 31.8. The molecule has 1 fully saturated rings. The van der Waals surface area contributed by atoms with Crippen LogP contribution in [0, 0.1) is 6.92 Å². The molecule has 296 valence electrons. The van der Waals surface area contributed by atoms with Crippen molar-refractivity contribution >= 4 is 93.1 Å². The van der Waals surface area contributed by atoms with Crippen LogP contribution in [-0.4, -0.2) is 115 Å². The van der Waals surface area contributed by atoms with Crippen molar-refractivity contribution in [2.24, 2.45) is 5.16 Å². The topological polar surface area (TPSA) is 317 Å². The number of anilines is 1. The number of esters is 2. The summed E-state index contributed by atoms with van der Waals surface area (Å²) in [6, 6.07) is 3.80. The van der Waals surface area contributed by atoms with E-state index in [2.05, 4.69) is 30.5 Å². The predicted octanol–water partition coefficient (Wildman–Crippen LogP) is 1.10. The minimum Gasteiger partial charge on any atom is -0.478 e. The number of carbonyl (C=O) groups is 7. The highest BCUT2D eigenvalue weighted by Gasteiger charge is 2.54. The Kier molecular flexibility index (Phi) is 11.4. The number of nitrogen functional groups attached to an aromatic ring is 1. The first kappa shape index (κ1) is 40.1. The van der Waals surface area contributed by atoms with E-state index in [1.54, 1.807) is 13.0 Å². The predicted molar refractivity (Wildman–Crippen MR) is 196 cm³/mol. The smallest absolute Gasteiger partial charge is 0.375 e. The number of carbonyl (C=O) groups excluding carboxylic acids is 4. The third-order valence-electron chi connectivity index (χ3n) is 7.76. The molecule has 0 aliphatic carbocycles. The van der Waals surface area contributed by atoms with E-state index in [-0.39, 0.29) is 50.9 Å². The van der Waals surface area contributed by atoms with Crippen molar-refractivity contribution in [2.45, 2.75) is 43.3 Å². The summed E-state index contributed by atoms with van der Waals surface area (Å²) in [6.07, 6.45) is -1.92. The van der Waals surface area contributed by atoms with Gasteiger partial charge in [0.15, 0.2) is 22.3 Å². The van der Waals surface area contributed by atoms with E-state index < -0.39 is 70.7 Å². The Morgan fingerprint density at radius 3 is 2.39 bits per heavy atom. The van der Waals surface area contributed by atoms with Crippen LogP contribution in [0.15, 0.2) is 51.1 Å². The van der Waals surface area contributed by atoms with Crippen molar-refractivity contribution in [3.05, 3.63) is 63.7 Å². The highest BCUT2D eigenvalue weighted by Crippen LogP contribution is 2.42. The Balaban J connectivity index is 1.22. The third-order valence-corrected chi connectivity index (χ3v) is 10.9. The molecule has 4 aromatic rings. The van der Waals surface area contributed by atoms with E-state index in [4.69, 9.17) is 20.0 Å². The zero-order chi connectivity index (χ0) is 41.3. The van der Waals surface area contributed by atoms with E-state index in [1.165, 1.54) is 33.8 Å². The molecule has 1 saturated heterocycles. The first-order valence-corrected chi connectivity index (χ1v) is 18.9. The number of aromatic nitrogens is 5. The zero-order valence-electron chi connectivity index (χ0n) is 29.4. The summed E-state index contributed by atoms with van der Waals surface area (Å²) in [6.45, 7) is 3.84. The molecule has 0 bridgehead atoms. The Morgan fingerprint density at radius 2 is 1.75 bits per heavy atom. The number of ether oxygens (including phenoxy) is 2. The van der Waals surface area contributed by atoms with Gasteiger partial charge in [-0.25, -0.2) is 24.4 Å². The summed E-state index contributed by atoms with van der Waals surface area (Å²) in [5.74, 6) is -8.46. The number of amides is 2. The average molecular weight is 842 g/mol. The van der Waals surface area contributed by atoms with Gasteiger partial charge in [0.1, 0.15) is 27.8 Å². The van der Waals surface area contributed by atoms with E-state index in [0.29, 0.717) is 16.3 Å². The number of hydrogen-bond donors (Lipinski definition) is 5. The second-order valence-electron chi connectivity index (χ2n) is 11.8. The van der Waals surface area contributed by atoms with Gasteiger partial charge in [-0.3, -0.25) is 24.1 Å². The highest BCUT2D eigenvalue weighted by molar-refractivity contribution is 8.01. The van der Waals surface area contributed by atoms with Crippen molar-refractivity contribution in [1.29, 1.82) is 0 Å². The standard InChI is InChI=1S/C32H27N9O13S3/c1-11-6-19(41-32(34-11)37-24(38-41)30(50)51)55-8-15-9-56-27-21(26(45)40(27)22(15)28(46)47)36-25(44)20(16-10-57-31(33)35-16)39-54-23(29(48)49)14-4-5-17(52-12(2)42)18(7-14)53-13(3)43/h4-7,10,21,23,27H,8-9H2,1-3H3,(H2,33,35)(H,36,44)(H,46,47)(H,48,49)(H,50,51)/b39-20-/t21-,23+,27-/m1/s1. The van der Waals surface area contributed by atoms with E-state index >= 15 is 0 Å². The molecule has 57 heavy (non-hydrogen) atoms. The van der Waals surface area contributed by atoms with Gasteiger partial charge >= 0.3 is 29.8 Å². The highest BCUT2D eigenvalue weighted by atomic mass is 32.2. The fraction of sp³-hybridized carbons (Fsp3) is 0.250. The second-order valence-corrected chi connectivity index (χ2v) is 14.8. The molecule has 3 atom stereocenters. The maximum Gasteiger partial charge on any atom is 0.375 e. The largest absolute Gasteiger partial charge is 0.478 e.